The number of urea groups is 1. The van der Waals surface area contributed by atoms with Crippen LogP contribution in [0.25, 0.3) is 0 Å². The number of hydrogen-bond donors (Lipinski definition) is 3. The van der Waals surface area contributed by atoms with Crippen molar-refractivity contribution in [3.05, 3.63) is 0 Å². The van der Waals surface area contributed by atoms with Gasteiger partial charge >= 0.3 is 6.03 Å². The highest BCUT2D eigenvalue weighted by atomic mass is 16.3. The largest absolute Gasteiger partial charge is 0.391 e. The standard InChI is InChI=1S/C9H18N2O2/c1-10-9(13)11-6-8(12)7-4-2-3-5-7/h7-8,12H,2-6H2,1H3,(H2,10,11,13). The number of aliphatic hydroxyl groups excluding tert-OH is 1. The number of amides is 2. The van der Waals surface area contributed by atoms with E-state index >= 15 is 0 Å². The highest BCUT2D eigenvalue weighted by molar-refractivity contribution is 5.73. The summed E-state index contributed by atoms with van der Waals surface area (Å²) in [6.07, 6.45) is 4.23. The second kappa shape index (κ2) is 5.07. The van der Waals surface area contributed by atoms with Crippen molar-refractivity contribution in [2.75, 3.05) is 13.6 Å². The molecule has 0 saturated heterocycles. The molecule has 0 bridgehead atoms. The second-order valence-corrected chi connectivity index (χ2v) is 3.57. The summed E-state index contributed by atoms with van der Waals surface area (Å²) >= 11 is 0. The molecule has 1 aliphatic carbocycles. The third-order valence-corrected chi connectivity index (χ3v) is 2.64. The minimum absolute atomic E-state index is 0.225. The number of carbonyl (C=O) groups is 1. The molecular formula is C9H18N2O2. The summed E-state index contributed by atoms with van der Waals surface area (Å²) in [6, 6.07) is -0.225. The van der Waals surface area contributed by atoms with Crippen molar-refractivity contribution in [2.24, 2.45) is 5.92 Å². The molecule has 3 N–H and O–H groups in total. The average molecular weight is 186 g/mol. The maximum atomic E-state index is 10.8. The fraction of sp³-hybridized carbons (Fsp3) is 0.889. The number of hydrogen-bond acceptors (Lipinski definition) is 2. The predicted molar refractivity (Wildman–Crippen MR) is 50.4 cm³/mol. The van der Waals surface area contributed by atoms with E-state index in [4.69, 9.17) is 0 Å². The normalized spacial score (nSPS) is 19.8. The Morgan fingerprint density at radius 3 is 2.69 bits per heavy atom. The van der Waals surface area contributed by atoms with Crippen LogP contribution in [0.5, 0.6) is 0 Å². The molecule has 1 saturated carbocycles. The molecule has 0 radical (unpaired) electrons. The number of nitrogens with one attached hydrogen (secondary N) is 2. The van der Waals surface area contributed by atoms with Gasteiger partial charge in [0.2, 0.25) is 0 Å². The van der Waals surface area contributed by atoms with Crippen LogP contribution in [0.15, 0.2) is 0 Å². The van der Waals surface area contributed by atoms with Crippen LogP contribution in [0, 0.1) is 5.92 Å². The summed E-state index contributed by atoms with van der Waals surface area (Å²) < 4.78 is 0. The van der Waals surface area contributed by atoms with E-state index in [-0.39, 0.29) is 12.1 Å². The van der Waals surface area contributed by atoms with Crippen LogP contribution in [-0.2, 0) is 0 Å². The van der Waals surface area contributed by atoms with Gasteiger partial charge in [0, 0.05) is 13.6 Å². The molecule has 0 aromatic rings. The van der Waals surface area contributed by atoms with Gasteiger partial charge in [-0.3, -0.25) is 0 Å². The first-order valence-electron chi connectivity index (χ1n) is 4.87. The molecule has 1 unspecified atom stereocenters. The van der Waals surface area contributed by atoms with Crippen molar-refractivity contribution in [1.29, 1.82) is 0 Å². The monoisotopic (exact) mass is 186 g/mol. The van der Waals surface area contributed by atoms with E-state index in [2.05, 4.69) is 10.6 Å². The molecule has 1 aliphatic rings. The molecular weight excluding hydrogens is 168 g/mol. The quantitative estimate of drug-likeness (QED) is 0.600. The first kappa shape index (κ1) is 10.3. The Labute approximate surface area is 78.7 Å². The highest BCUT2D eigenvalue weighted by Crippen LogP contribution is 2.27. The van der Waals surface area contributed by atoms with Gasteiger partial charge in [0.15, 0.2) is 0 Å². The van der Waals surface area contributed by atoms with Gasteiger partial charge in [-0.05, 0) is 18.8 Å². The van der Waals surface area contributed by atoms with Crippen LogP contribution in [0.4, 0.5) is 4.79 Å². The maximum Gasteiger partial charge on any atom is 0.314 e. The summed E-state index contributed by atoms with van der Waals surface area (Å²) in [5.74, 6) is 0.386. The van der Waals surface area contributed by atoms with Crippen LogP contribution >= 0.6 is 0 Å². The fourth-order valence-corrected chi connectivity index (χ4v) is 1.79. The lowest BCUT2D eigenvalue weighted by Crippen LogP contribution is -2.40. The number of carbonyl (C=O) groups excluding carboxylic acids is 1. The Morgan fingerprint density at radius 2 is 2.15 bits per heavy atom. The minimum Gasteiger partial charge on any atom is -0.391 e. The molecule has 2 amide bonds. The smallest absolute Gasteiger partial charge is 0.314 e. The molecule has 0 spiro atoms. The van der Waals surface area contributed by atoms with Crippen LogP contribution in [0.1, 0.15) is 25.7 Å². The summed E-state index contributed by atoms with van der Waals surface area (Å²) in [5.41, 5.74) is 0. The highest BCUT2D eigenvalue weighted by Gasteiger charge is 2.22. The predicted octanol–water partition coefficient (Wildman–Crippen LogP) is 0.466. The van der Waals surface area contributed by atoms with Crippen LogP contribution in [0.3, 0.4) is 0 Å². The number of rotatable bonds is 3. The lowest BCUT2D eigenvalue weighted by atomic mass is 10.0. The molecule has 1 fully saturated rings. The van der Waals surface area contributed by atoms with Crippen molar-refractivity contribution in [3.63, 3.8) is 0 Å². The van der Waals surface area contributed by atoms with Crippen molar-refractivity contribution < 1.29 is 9.90 Å². The Bertz CT molecular complexity index is 167. The van der Waals surface area contributed by atoms with Gasteiger partial charge in [0.25, 0.3) is 0 Å². The van der Waals surface area contributed by atoms with Gasteiger partial charge < -0.3 is 15.7 Å². The van der Waals surface area contributed by atoms with Crippen molar-refractivity contribution >= 4 is 6.03 Å². The van der Waals surface area contributed by atoms with Crippen LogP contribution < -0.4 is 10.6 Å². The van der Waals surface area contributed by atoms with Crippen LogP contribution in [0.2, 0.25) is 0 Å². The summed E-state index contributed by atoms with van der Waals surface area (Å²) in [6.45, 7) is 0.365. The Morgan fingerprint density at radius 1 is 1.54 bits per heavy atom. The Kier molecular flexibility index (Phi) is 4.02. The van der Waals surface area contributed by atoms with Gasteiger partial charge in [-0.1, -0.05) is 12.8 Å². The summed E-state index contributed by atoms with van der Waals surface area (Å²) in [7, 11) is 1.57. The van der Waals surface area contributed by atoms with Crippen molar-refractivity contribution in [3.8, 4) is 0 Å². The molecule has 76 valence electrons. The minimum atomic E-state index is -0.375. The molecule has 0 aromatic heterocycles. The zero-order chi connectivity index (χ0) is 9.68. The number of aliphatic hydroxyl groups is 1. The average Bonchev–Trinajstić information content (AvgIpc) is 2.66. The molecule has 4 nitrogen and oxygen atoms in total. The summed E-state index contributed by atoms with van der Waals surface area (Å²) in [5, 5.41) is 14.7. The van der Waals surface area contributed by atoms with E-state index in [0.717, 1.165) is 12.8 Å². The van der Waals surface area contributed by atoms with Gasteiger partial charge in [-0.15, -0.1) is 0 Å². The van der Waals surface area contributed by atoms with Crippen LogP contribution in [-0.4, -0.2) is 30.8 Å². The Balaban J connectivity index is 2.16. The molecule has 1 atom stereocenters. The third kappa shape index (κ3) is 3.22. The fourth-order valence-electron chi connectivity index (χ4n) is 1.79. The summed E-state index contributed by atoms with van der Waals surface area (Å²) in [4.78, 5) is 10.8. The van der Waals surface area contributed by atoms with E-state index in [0.29, 0.717) is 12.5 Å². The van der Waals surface area contributed by atoms with Gasteiger partial charge in [0.1, 0.15) is 0 Å². The first-order chi connectivity index (χ1) is 6.24. The van der Waals surface area contributed by atoms with Crippen molar-refractivity contribution in [2.45, 2.75) is 31.8 Å². The van der Waals surface area contributed by atoms with E-state index < -0.39 is 0 Å². The van der Waals surface area contributed by atoms with E-state index in [1.807, 2.05) is 0 Å². The van der Waals surface area contributed by atoms with E-state index in [9.17, 15) is 9.90 Å². The molecule has 13 heavy (non-hydrogen) atoms. The SMILES string of the molecule is CNC(=O)NCC(O)C1CCCC1. The maximum absolute atomic E-state index is 10.8. The van der Waals surface area contributed by atoms with Gasteiger partial charge in [-0.2, -0.15) is 0 Å². The van der Waals surface area contributed by atoms with Crippen molar-refractivity contribution in [1.82, 2.24) is 10.6 Å². The molecule has 4 heteroatoms. The van der Waals surface area contributed by atoms with Gasteiger partial charge in [0.05, 0.1) is 6.10 Å². The molecule has 0 aliphatic heterocycles. The lowest BCUT2D eigenvalue weighted by molar-refractivity contribution is 0.111. The third-order valence-electron chi connectivity index (χ3n) is 2.64. The molecule has 1 rings (SSSR count). The zero-order valence-electron chi connectivity index (χ0n) is 8.05. The first-order valence-corrected chi connectivity index (χ1v) is 4.87. The van der Waals surface area contributed by atoms with E-state index in [1.54, 1.807) is 7.05 Å². The molecule has 0 aromatic carbocycles. The second-order valence-electron chi connectivity index (χ2n) is 3.57. The van der Waals surface area contributed by atoms with E-state index in [1.165, 1.54) is 12.8 Å². The Hall–Kier alpha value is -0.770. The lowest BCUT2D eigenvalue weighted by Gasteiger charge is -2.17. The zero-order valence-corrected chi connectivity index (χ0v) is 8.05. The van der Waals surface area contributed by atoms with Gasteiger partial charge in [-0.25, -0.2) is 4.79 Å². The molecule has 0 heterocycles. The topological polar surface area (TPSA) is 61.4 Å².